The van der Waals surface area contributed by atoms with E-state index in [1.165, 1.54) is 0 Å². The van der Waals surface area contributed by atoms with Crippen molar-refractivity contribution in [1.29, 1.82) is 0 Å². The van der Waals surface area contributed by atoms with Crippen LogP contribution in [-0.4, -0.2) is 25.0 Å². The van der Waals surface area contributed by atoms with Gasteiger partial charge in [-0.05, 0) is 19.7 Å². The lowest BCUT2D eigenvalue weighted by Gasteiger charge is -2.14. The fourth-order valence-corrected chi connectivity index (χ4v) is 0.836. The van der Waals surface area contributed by atoms with Crippen molar-refractivity contribution >= 4 is 12.9 Å². The summed E-state index contributed by atoms with van der Waals surface area (Å²) >= 11 is 0. The number of nitrogens with zero attached hydrogens (tertiary/aromatic N) is 3. The molecule has 12 heavy (non-hydrogen) atoms. The Labute approximate surface area is 72.1 Å². The van der Waals surface area contributed by atoms with Crippen LogP contribution in [0.2, 0.25) is 0 Å². The normalized spacial score (nSPS) is 16.3. The zero-order valence-corrected chi connectivity index (χ0v) is 7.28. The highest BCUT2D eigenvalue weighted by Gasteiger charge is 2.02. The van der Waals surface area contributed by atoms with Gasteiger partial charge in [0.25, 0.3) is 0 Å². The number of hydrogen-bond acceptors (Lipinski definition) is 3. The third-order valence-corrected chi connectivity index (χ3v) is 1.45. The van der Waals surface area contributed by atoms with E-state index in [2.05, 4.69) is 22.5 Å². The van der Waals surface area contributed by atoms with Crippen LogP contribution in [0.15, 0.2) is 39.4 Å². The van der Waals surface area contributed by atoms with Gasteiger partial charge in [0.1, 0.15) is 11.4 Å². The molecular weight excluding hydrogens is 150 g/mol. The summed E-state index contributed by atoms with van der Waals surface area (Å²) in [6.07, 6.45) is 5.47. The van der Waals surface area contributed by atoms with Crippen LogP contribution in [0.25, 0.3) is 0 Å². The Balaban J connectivity index is 3.09. The Morgan fingerprint density at radius 2 is 2.50 bits per heavy atom. The molecule has 0 fully saturated rings. The molecule has 3 nitrogen and oxygen atoms in total. The Morgan fingerprint density at radius 1 is 1.75 bits per heavy atom. The van der Waals surface area contributed by atoms with Crippen LogP contribution in [0.4, 0.5) is 0 Å². The van der Waals surface area contributed by atoms with E-state index in [-0.39, 0.29) is 0 Å². The van der Waals surface area contributed by atoms with Crippen LogP contribution in [0.3, 0.4) is 0 Å². The molecule has 0 aliphatic carbocycles. The number of rotatable bonds is 2. The van der Waals surface area contributed by atoms with Gasteiger partial charge in [-0.1, -0.05) is 11.8 Å². The van der Waals surface area contributed by atoms with Gasteiger partial charge in [-0.15, -0.1) is 0 Å². The molecule has 0 aromatic rings. The monoisotopic (exact) mass is 161 g/mol. The molecule has 62 valence electrons. The van der Waals surface area contributed by atoms with Gasteiger partial charge in [-0.2, -0.15) is 5.10 Å². The molecule has 0 saturated heterocycles. The van der Waals surface area contributed by atoms with Crippen molar-refractivity contribution in [2.75, 3.05) is 7.05 Å². The van der Waals surface area contributed by atoms with Gasteiger partial charge in [-0.25, -0.2) is 0 Å². The van der Waals surface area contributed by atoms with Crippen molar-refractivity contribution in [3.05, 3.63) is 29.3 Å². The second-order valence-corrected chi connectivity index (χ2v) is 2.32. The van der Waals surface area contributed by atoms with Crippen molar-refractivity contribution in [1.82, 2.24) is 5.01 Å². The lowest BCUT2D eigenvalue weighted by Crippen LogP contribution is -2.11. The zero-order chi connectivity index (χ0) is 8.97. The maximum absolute atomic E-state index is 4.07. The van der Waals surface area contributed by atoms with Crippen molar-refractivity contribution in [3.63, 3.8) is 0 Å². The lowest BCUT2D eigenvalue weighted by molar-refractivity contribution is 0.461. The smallest absolute Gasteiger partial charge is 0.126 e. The molecule has 0 radical (unpaired) electrons. The predicted octanol–water partition coefficient (Wildman–Crippen LogP) is 1.56. The van der Waals surface area contributed by atoms with Gasteiger partial charge in [0.15, 0.2) is 0 Å². The fourth-order valence-electron chi connectivity index (χ4n) is 0.836. The summed E-state index contributed by atoms with van der Waals surface area (Å²) in [7, 11) is 1.86. The number of likely N-dealkylation sites (N-methyl/N-ethyl adjacent to an activating group) is 1. The molecule has 1 aliphatic heterocycles. The van der Waals surface area contributed by atoms with E-state index in [9.17, 15) is 0 Å². The van der Waals surface area contributed by atoms with E-state index in [4.69, 9.17) is 0 Å². The molecule has 0 saturated carbocycles. The van der Waals surface area contributed by atoms with Gasteiger partial charge < -0.3 is 0 Å². The van der Waals surface area contributed by atoms with E-state index < -0.39 is 0 Å². The summed E-state index contributed by atoms with van der Waals surface area (Å²) < 4.78 is 0. The standard InChI is InChI=1S/C9H11N3/c1-4-5-9-6-8(10-2)7-11-12(9)3/h4-5,7H,2H2,1,3H3/b5-4-. The first-order valence-corrected chi connectivity index (χ1v) is 3.66. The van der Waals surface area contributed by atoms with Gasteiger partial charge in [-0.3, -0.25) is 10.0 Å². The van der Waals surface area contributed by atoms with Crippen LogP contribution < -0.4 is 0 Å². The van der Waals surface area contributed by atoms with Gasteiger partial charge in [0.2, 0.25) is 0 Å². The van der Waals surface area contributed by atoms with Gasteiger partial charge in [0.05, 0.1) is 6.21 Å². The zero-order valence-electron chi connectivity index (χ0n) is 7.28. The highest BCUT2D eigenvalue weighted by Crippen LogP contribution is 2.08. The SMILES string of the molecule is C=NC1=C=C(/C=C\C)N(C)N=C1. The highest BCUT2D eigenvalue weighted by atomic mass is 15.4. The lowest BCUT2D eigenvalue weighted by atomic mass is 10.3. The number of hydrogen-bond donors (Lipinski definition) is 0. The molecule has 1 heterocycles. The maximum Gasteiger partial charge on any atom is 0.126 e. The van der Waals surface area contributed by atoms with Crippen LogP contribution in [0.5, 0.6) is 0 Å². The molecule has 0 spiro atoms. The average molecular weight is 161 g/mol. The Kier molecular flexibility index (Phi) is 2.62. The summed E-state index contributed by atoms with van der Waals surface area (Å²) in [5, 5.41) is 5.80. The molecule has 1 rings (SSSR count). The van der Waals surface area contributed by atoms with Crippen LogP contribution >= 0.6 is 0 Å². The minimum absolute atomic E-state index is 0.668. The van der Waals surface area contributed by atoms with Crippen molar-refractivity contribution in [3.8, 4) is 0 Å². The van der Waals surface area contributed by atoms with Crippen LogP contribution in [-0.2, 0) is 0 Å². The second-order valence-electron chi connectivity index (χ2n) is 2.32. The third-order valence-electron chi connectivity index (χ3n) is 1.45. The van der Waals surface area contributed by atoms with Crippen LogP contribution in [0.1, 0.15) is 6.92 Å². The van der Waals surface area contributed by atoms with E-state index in [1.807, 2.05) is 26.1 Å². The molecule has 0 bridgehead atoms. The Morgan fingerprint density at radius 3 is 3.08 bits per heavy atom. The molecular formula is C9H11N3. The van der Waals surface area contributed by atoms with Gasteiger partial charge >= 0.3 is 0 Å². The van der Waals surface area contributed by atoms with E-state index in [0.29, 0.717) is 5.70 Å². The molecule has 0 N–H and O–H groups in total. The summed E-state index contributed by atoms with van der Waals surface area (Å²) in [6, 6.07) is 0. The Hall–Kier alpha value is -1.60. The first-order valence-electron chi connectivity index (χ1n) is 3.66. The highest BCUT2D eigenvalue weighted by molar-refractivity contribution is 5.79. The predicted molar refractivity (Wildman–Crippen MR) is 51.2 cm³/mol. The third kappa shape index (κ3) is 1.71. The Bertz CT molecular complexity index is 304. The summed E-state index contributed by atoms with van der Waals surface area (Å²) in [5.74, 6) is 0. The minimum Gasteiger partial charge on any atom is -0.261 e. The van der Waals surface area contributed by atoms with Crippen molar-refractivity contribution in [2.45, 2.75) is 6.92 Å². The maximum atomic E-state index is 4.07. The second kappa shape index (κ2) is 3.69. The molecule has 1 aliphatic rings. The van der Waals surface area contributed by atoms with E-state index in [1.54, 1.807) is 11.2 Å². The molecule has 0 amide bonds. The average Bonchev–Trinajstić information content (AvgIpc) is 2.09. The van der Waals surface area contributed by atoms with Gasteiger partial charge in [0, 0.05) is 7.05 Å². The summed E-state index contributed by atoms with van der Waals surface area (Å²) in [6.45, 7) is 5.35. The largest absolute Gasteiger partial charge is 0.261 e. The van der Waals surface area contributed by atoms with Crippen molar-refractivity contribution < 1.29 is 0 Å². The number of hydrazone groups is 1. The molecule has 0 unspecified atom stereocenters. The van der Waals surface area contributed by atoms with E-state index >= 15 is 0 Å². The number of aliphatic imine (C=N–C) groups is 1. The topological polar surface area (TPSA) is 28.0 Å². The quantitative estimate of drug-likeness (QED) is 0.446. The minimum atomic E-state index is 0.668. The first-order chi connectivity index (χ1) is 5.77. The van der Waals surface area contributed by atoms with E-state index in [0.717, 1.165) is 5.70 Å². The number of allylic oxidation sites excluding steroid dienone is 2. The fraction of sp³-hybridized carbons (Fsp3) is 0.222. The van der Waals surface area contributed by atoms with Crippen LogP contribution in [0, 0.1) is 0 Å². The molecule has 0 atom stereocenters. The molecule has 3 heteroatoms. The molecule has 0 aromatic heterocycles. The molecule has 0 aromatic carbocycles. The van der Waals surface area contributed by atoms with Crippen molar-refractivity contribution in [2.24, 2.45) is 10.1 Å². The summed E-state index contributed by atoms with van der Waals surface area (Å²) in [4.78, 5) is 3.74. The first kappa shape index (κ1) is 8.50. The summed E-state index contributed by atoms with van der Waals surface area (Å²) in [5.41, 5.74) is 4.61.